The summed E-state index contributed by atoms with van der Waals surface area (Å²) in [5.74, 6) is -3.91. The van der Waals surface area contributed by atoms with Crippen molar-refractivity contribution in [3.8, 4) is 0 Å². The quantitative estimate of drug-likeness (QED) is 0.728. The summed E-state index contributed by atoms with van der Waals surface area (Å²) in [5, 5.41) is 2.01. The maximum absolute atomic E-state index is 13.6. The fraction of sp³-hybridized carbons (Fsp3) is 0.176. The van der Waals surface area contributed by atoms with Gasteiger partial charge in [0.05, 0.1) is 17.5 Å². The summed E-state index contributed by atoms with van der Waals surface area (Å²) in [6, 6.07) is 8.68. The molecular formula is C17H16F2N2O5S. The number of halogens is 2. The normalized spacial score (nSPS) is 12.1. The Balaban J connectivity index is 2.13. The molecule has 27 heavy (non-hydrogen) atoms. The van der Waals surface area contributed by atoms with Crippen LogP contribution in [0.1, 0.15) is 17.3 Å². The van der Waals surface area contributed by atoms with Gasteiger partial charge in [-0.3, -0.25) is 9.52 Å². The highest BCUT2D eigenvalue weighted by Gasteiger charge is 2.23. The fourth-order valence-corrected chi connectivity index (χ4v) is 2.65. The van der Waals surface area contributed by atoms with Crippen LogP contribution in [0.15, 0.2) is 42.5 Å². The van der Waals surface area contributed by atoms with Crippen molar-refractivity contribution in [3.63, 3.8) is 0 Å². The van der Waals surface area contributed by atoms with Gasteiger partial charge in [-0.2, -0.15) is 0 Å². The van der Waals surface area contributed by atoms with Gasteiger partial charge in [0.1, 0.15) is 17.3 Å². The van der Waals surface area contributed by atoms with E-state index in [1.54, 1.807) is 0 Å². The molecule has 1 amide bonds. The second-order valence-corrected chi connectivity index (χ2v) is 7.30. The number of carbonyl (C=O) groups excluding carboxylic acids is 2. The smallest absolute Gasteiger partial charge is 0.341 e. The third kappa shape index (κ3) is 5.48. The molecule has 0 spiro atoms. The summed E-state index contributed by atoms with van der Waals surface area (Å²) in [6.45, 7) is 1.21. The number of hydrogen-bond donors (Lipinski definition) is 2. The Labute approximate surface area is 154 Å². The largest absolute Gasteiger partial charge is 0.449 e. The molecule has 1 atom stereocenters. The Hall–Kier alpha value is -3.01. The Morgan fingerprint density at radius 3 is 2.22 bits per heavy atom. The Kier molecular flexibility index (Phi) is 6.11. The highest BCUT2D eigenvalue weighted by atomic mass is 32.2. The van der Waals surface area contributed by atoms with Crippen LogP contribution in [0.3, 0.4) is 0 Å². The Morgan fingerprint density at radius 1 is 1.04 bits per heavy atom. The summed E-state index contributed by atoms with van der Waals surface area (Å²) < 4.78 is 57.1. The average molecular weight is 398 g/mol. The van der Waals surface area contributed by atoms with Gasteiger partial charge in [0, 0.05) is 0 Å². The molecule has 0 aliphatic rings. The lowest BCUT2D eigenvalue weighted by molar-refractivity contribution is -0.123. The number of sulfonamides is 1. The lowest BCUT2D eigenvalue weighted by Crippen LogP contribution is -2.31. The van der Waals surface area contributed by atoms with Crippen molar-refractivity contribution in [1.82, 2.24) is 0 Å². The van der Waals surface area contributed by atoms with E-state index in [2.05, 4.69) is 4.72 Å². The number of para-hydroxylation sites is 2. The first-order valence-electron chi connectivity index (χ1n) is 7.61. The molecule has 7 nitrogen and oxygen atoms in total. The van der Waals surface area contributed by atoms with Crippen molar-refractivity contribution in [2.75, 3.05) is 16.3 Å². The van der Waals surface area contributed by atoms with Crippen LogP contribution in [-0.4, -0.2) is 32.7 Å². The lowest BCUT2D eigenvalue weighted by atomic mass is 10.2. The zero-order chi connectivity index (χ0) is 20.2. The molecule has 0 saturated heterocycles. The van der Waals surface area contributed by atoms with Crippen molar-refractivity contribution in [1.29, 1.82) is 0 Å². The number of hydrogen-bond acceptors (Lipinski definition) is 5. The summed E-state index contributed by atoms with van der Waals surface area (Å²) in [6.07, 6.45) is -0.489. The number of carbonyl (C=O) groups is 2. The molecule has 0 fully saturated rings. The van der Waals surface area contributed by atoms with Crippen molar-refractivity contribution < 1.29 is 31.5 Å². The summed E-state index contributed by atoms with van der Waals surface area (Å²) in [7, 11) is -3.65. The summed E-state index contributed by atoms with van der Waals surface area (Å²) >= 11 is 0. The van der Waals surface area contributed by atoms with Crippen LogP contribution in [0, 0.1) is 11.6 Å². The zero-order valence-corrected chi connectivity index (χ0v) is 15.1. The molecule has 2 aromatic rings. The monoisotopic (exact) mass is 398 g/mol. The molecule has 144 valence electrons. The predicted octanol–water partition coefficient (Wildman–Crippen LogP) is 2.52. The molecule has 0 saturated carbocycles. The highest BCUT2D eigenvalue weighted by molar-refractivity contribution is 7.92. The molecule has 2 rings (SSSR count). The molecule has 0 bridgehead atoms. The summed E-state index contributed by atoms with van der Waals surface area (Å²) in [4.78, 5) is 24.3. The molecule has 0 aromatic heterocycles. The van der Waals surface area contributed by atoms with Crippen molar-refractivity contribution in [2.45, 2.75) is 13.0 Å². The van der Waals surface area contributed by atoms with Crippen LogP contribution >= 0.6 is 0 Å². The van der Waals surface area contributed by atoms with Gasteiger partial charge in [-0.1, -0.05) is 18.2 Å². The third-order valence-corrected chi connectivity index (χ3v) is 3.90. The van der Waals surface area contributed by atoms with E-state index in [-0.39, 0.29) is 11.3 Å². The van der Waals surface area contributed by atoms with Crippen molar-refractivity contribution in [2.24, 2.45) is 0 Å². The molecule has 2 aromatic carbocycles. The second kappa shape index (κ2) is 8.12. The van der Waals surface area contributed by atoms with E-state index in [9.17, 15) is 26.8 Å². The van der Waals surface area contributed by atoms with Crippen LogP contribution in [0.2, 0.25) is 0 Å². The van der Waals surface area contributed by atoms with Gasteiger partial charge in [0.2, 0.25) is 10.0 Å². The number of amides is 1. The van der Waals surface area contributed by atoms with Crippen molar-refractivity contribution >= 4 is 33.3 Å². The minimum atomic E-state index is -3.65. The number of benzene rings is 2. The van der Waals surface area contributed by atoms with Crippen LogP contribution in [0.5, 0.6) is 0 Å². The SMILES string of the molecule is CC(OC(=O)c1ccccc1NS(C)(=O)=O)C(=O)Nc1c(F)cccc1F. The molecular weight excluding hydrogens is 382 g/mol. The van der Waals surface area contributed by atoms with Gasteiger partial charge in [0.25, 0.3) is 5.91 Å². The van der Waals surface area contributed by atoms with E-state index >= 15 is 0 Å². The number of anilines is 2. The lowest BCUT2D eigenvalue weighted by Gasteiger charge is -2.15. The van der Waals surface area contributed by atoms with E-state index in [0.717, 1.165) is 24.5 Å². The van der Waals surface area contributed by atoms with Gasteiger partial charge in [0.15, 0.2) is 6.10 Å². The van der Waals surface area contributed by atoms with E-state index < -0.39 is 45.3 Å². The molecule has 0 aliphatic carbocycles. The van der Waals surface area contributed by atoms with Gasteiger partial charge in [-0.05, 0) is 31.2 Å². The van der Waals surface area contributed by atoms with E-state index in [1.165, 1.54) is 31.2 Å². The molecule has 2 N–H and O–H groups in total. The topological polar surface area (TPSA) is 102 Å². The van der Waals surface area contributed by atoms with E-state index in [1.807, 2.05) is 5.32 Å². The molecule has 0 radical (unpaired) electrons. The van der Waals surface area contributed by atoms with Crippen molar-refractivity contribution in [3.05, 3.63) is 59.7 Å². The Morgan fingerprint density at radius 2 is 1.63 bits per heavy atom. The number of nitrogens with one attached hydrogen (secondary N) is 2. The summed E-state index contributed by atoms with van der Waals surface area (Å²) in [5.41, 5.74) is -0.818. The van der Waals surface area contributed by atoms with Gasteiger partial charge < -0.3 is 10.1 Å². The highest BCUT2D eigenvalue weighted by Crippen LogP contribution is 2.20. The average Bonchev–Trinajstić information content (AvgIpc) is 2.57. The van der Waals surface area contributed by atoms with Crippen LogP contribution in [0.4, 0.5) is 20.2 Å². The maximum Gasteiger partial charge on any atom is 0.341 e. The second-order valence-electron chi connectivity index (χ2n) is 5.55. The zero-order valence-electron chi connectivity index (χ0n) is 14.3. The predicted molar refractivity (Wildman–Crippen MR) is 94.8 cm³/mol. The van der Waals surface area contributed by atoms with Gasteiger partial charge in [-0.25, -0.2) is 22.0 Å². The molecule has 0 heterocycles. The van der Waals surface area contributed by atoms with Crippen LogP contribution in [0.25, 0.3) is 0 Å². The first kappa shape index (κ1) is 20.3. The maximum atomic E-state index is 13.6. The van der Waals surface area contributed by atoms with Gasteiger partial charge >= 0.3 is 5.97 Å². The van der Waals surface area contributed by atoms with E-state index in [4.69, 9.17) is 4.74 Å². The van der Waals surface area contributed by atoms with Gasteiger partial charge in [-0.15, -0.1) is 0 Å². The first-order chi connectivity index (χ1) is 12.6. The minimum absolute atomic E-state index is 0.0299. The number of esters is 1. The number of rotatable bonds is 6. The Bertz CT molecular complexity index is 959. The third-order valence-electron chi connectivity index (χ3n) is 3.31. The van der Waals surface area contributed by atoms with Crippen LogP contribution in [-0.2, 0) is 19.6 Å². The fourth-order valence-electron chi connectivity index (χ4n) is 2.07. The first-order valence-corrected chi connectivity index (χ1v) is 9.50. The van der Waals surface area contributed by atoms with Crippen LogP contribution < -0.4 is 10.0 Å². The minimum Gasteiger partial charge on any atom is -0.449 e. The number of ether oxygens (including phenoxy) is 1. The van der Waals surface area contributed by atoms with E-state index in [0.29, 0.717) is 0 Å². The molecule has 0 aliphatic heterocycles. The molecule has 10 heteroatoms. The standard InChI is InChI=1S/C17H16F2N2O5S/c1-10(16(22)20-15-12(18)7-5-8-13(15)19)26-17(23)11-6-3-4-9-14(11)21-27(2,24)25/h3-10,21H,1-2H3,(H,20,22). The molecule has 1 unspecified atom stereocenters.